The maximum atomic E-state index is 13.0. The average Bonchev–Trinajstić information content (AvgIpc) is 3.33. The van der Waals surface area contributed by atoms with E-state index in [0.29, 0.717) is 17.4 Å². The minimum absolute atomic E-state index is 0.0533. The Morgan fingerprint density at radius 2 is 0.817 bits per heavy atom. The number of nitrogens with zero attached hydrogens (tertiary/aromatic N) is 1. The number of nitrogens with one attached hydrogen (secondary N) is 1. The Labute approximate surface area is 441 Å². The molecule has 8 nitrogen and oxygen atoms in total. The Bertz CT molecular complexity index is 1340. The van der Waals surface area contributed by atoms with E-state index in [2.05, 4.69) is 67.8 Å². The van der Waals surface area contributed by atoms with Gasteiger partial charge in [-0.25, -0.2) is 4.57 Å². The molecule has 0 radical (unpaired) electrons. The first-order chi connectivity index (χ1) is 34.5. The summed E-state index contributed by atoms with van der Waals surface area (Å²) < 4.78 is 23.7. The maximum absolute atomic E-state index is 13.0. The average molecular weight is 1020 g/mol. The highest BCUT2D eigenvalue weighted by Gasteiger charge is 2.27. The SMILES string of the molecule is CCCCCCC/C=C\C/C=C\CCCCCCCCCCCCCCCCCCCCCCCC(=O)NC(COP(=O)(O)OCC[N+](C)(C)C)C(O)/C=C/CC/C=C/CC/C=C/CCCCCCCC. The molecule has 0 aliphatic carbocycles. The van der Waals surface area contributed by atoms with E-state index in [4.69, 9.17) is 9.05 Å². The first-order valence-electron chi connectivity index (χ1n) is 30.2. The van der Waals surface area contributed by atoms with Gasteiger partial charge in [-0.05, 0) is 77.0 Å². The van der Waals surface area contributed by atoms with Crippen LogP contribution in [0.1, 0.15) is 277 Å². The van der Waals surface area contributed by atoms with Crippen molar-refractivity contribution in [2.45, 2.75) is 289 Å². The van der Waals surface area contributed by atoms with Gasteiger partial charge in [-0.15, -0.1) is 0 Å². The van der Waals surface area contributed by atoms with Gasteiger partial charge in [0.05, 0.1) is 39.9 Å². The van der Waals surface area contributed by atoms with Gasteiger partial charge in [-0.2, -0.15) is 0 Å². The lowest BCUT2D eigenvalue weighted by molar-refractivity contribution is -0.870. The Morgan fingerprint density at radius 1 is 0.479 bits per heavy atom. The molecule has 0 rings (SSSR count). The molecule has 3 unspecified atom stereocenters. The fourth-order valence-corrected chi connectivity index (χ4v) is 9.43. The summed E-state index contributed by atoms with van der Waals surface area (Å²) in [7, 11) is 1.55. The lowest BCUT2D eigenvalue weighted by atomic mass is 10.0. The van der Waals surface area contributed by atoms with Crippen LogP contribution in [0.4, 0.5) is 0 Å². The topological polar surface area (TPSA) is 105 Å². The number of hydrogen-bond acceptors (Lipinski definition) is 5. The molecule has 0 aromatic carbocycles. The van der Waals surface area contributed by atoms with Crippen LogP contribution in [0.3, 0.4) is 0 Å². The first-order valence-corrected chi connectivity index (χ1v) is 31.7. The molecule has 3 atom stereocenters. The lowest BCUT2D eigenvalue weighted by Crippen LogP contribution is -2.45. The van der Waals surface area contributed by atoms with Crippen molar-refractivity contribution in [3.05, 3.63) is 60.8 Å². The molecule has 0 aliphatic heterocycles. The fourth-order valence-electron chi connectivity index (χ4n) is 8.69. The molecule has 416 valence electrons. The number of quaternary nitrogens is 1. The number of allylic oxidation sites excluding steroid dienone is 9. The minimum Gasteiger partial charge on any atom is -0.387 e. The third kappa shape index (κ3) is 55.8. The number of carbonyl (C=O) groups excluding carboxylic acids is 1. The molecule has 9 heteroatoms. The van der Waals surface area contributed by atoms with Gasteiger partial charge in [0.2, 0.25) is 5.91 Å². The normalized spacial score (nSPS) is 14.3. The highest BCUT2D eigenvalue weighted by Crippen LogP contribution is 2.43. The molecule has 71 heavy (non-hydrogen) atoms. The quantitative estimate of drug-likeness (QED) is 0.0243. The highest BCUT2D eigenvalue weighted by atomic mass is 31.2. The lowest BCUT2D eigenvalue weighted by Gasteiger charge is -2.25. The van der Waals surface area contributed by atoms with Crippen LogP contribution in [0.15, 0.2) is 60.8 Å². The van der Waals surface area contributed by atoms with Gasteiger partial charge in [0.15, 0.2) is 0 Å². The van der Waals surface area contributed by atoms with Crippen LogP contribution in [0.25, 0.3) is 0 Å². The third-order valence-corrected chi connectivity index (χ3v) is 14.4. The zero-order chi connectivity index (χ0) is 52.0. The monoisotopic (exact) mass is 1020 g/mol. The molecule has 0 heterocycles. The molecule has 0 saturated heterocycles. The zero-order valence-electron chi connectivity index (χ0n) is 47.5. The van der Waals surface area contributed by atoms with Gasteiger partial charge in [0, 0.05) is 6.42 Å². The van der Waals surface area contributed by atoms with E-state index >= 15 is 0 Å². The van der Waals surface area contributed by atoms with Crippen molar-refractivity contribution in [3.8, 4) is 0 Å². The number of phosphoric acid groups is 1. The summed E-state index contributed by atoms with van der Waals surface area (Å²) in [6.45, 7) is 4.78. The molecule has 0 aromatic rings. The van der Waals surface area contributed by atoms with Gasteiger partial charge in [0.25, 0.3) is 0 Å². The minimum atomic E-state index is -4.36. The number of aliphatic hydroxyl groups excluding tert-OH is 1. The summed E-state index contributed by atoms with van der Waals surface area (Å²) in [6.07, 6.45) is 72.0. The molecule has 0 spiro atoms. The summed E-state index contributed by atoms with van der Waals surface area (Å²) in [6, 6.07) is -0.870. The molecule has 0 aromatic heterocycles. The molecule has 0 aliphatic rings. The van der Waals surface area contributed by atoms with Gasteiger partial charge >= 0.3 is 7.82 Å². The molecule has 0 fully saturated rings. The number of unbranched alkanes of at least 4 members (excludes halogenated alkanes) is 34. The summed E-state index contributed by atoms with van der Waals surface area (Å²) in [4.78, 5) is 23.3. The molecular weight excluding hydrogens is 900 g/mol. The van der Waals surface area contributed by atoms with E-state index in [1.54, 1.807) is 6.08 Å². The number of aliphatic hydroxyl groups is 1. The van der Waals surface area contributed by atoms with Crippen LogP contribution < -0.4 is 5.32 Å². The van der Waals surface area contributed by atoms with E-state index in [0.717, 1.165) is 51.4 Å². The second-order valence-electron chi connectivity index (χ2n) is 21.7. The Balaban J connectivity index is 4.07. The number of hydrogen-bond donors (Lipinski definition) is 3. The number of amides is 1. The Kier molecular flexibility index (Phi) is 51.7. The van der Waals surface area contributed by atoms with E-state index in [9.17, 15) is 19.4 Å². The van der Waals surface area contributed by atoms with Gasteiger partial charge in [-0.3, -0.25) is 13.8 Å². The van der Waals surface area contributed by atoms with Crippen LogP contribution in [-0.2, 0) is 18.4 Å². The standard InChI is InChI=1S/C62H117N2O6P/c1-6-8-10-12-14-16-18-20-22-24-25-26-27-28-29-30-31-32-33-34-35-36-37-38-39-40-42-44-46-48-50-52-54-56-62(66)63-60(59-70-71(67,68)69-58-57-64(3,4)5)61(65)55-53-51-49-47-45-43-41-23-21-19-17-15-13-11-9-7-2/h18,20-21,23-25,45,47,53,55,60-61,65H,6-17,19,22,26-44,46,48-52,54,56-59H2,1-5H3,(H-,63,66,67,68)/p+1/b20-18-,23-21+,25-24-,47-45+,55-53+. The second kappa shape index (κ2) is 53.0. The molecule has 0 bridgehead atoms. The van der Waals surface area contributed by atoms with E-state index in [1.807, 2.05) is 27.2 Å². The predicted octanol–water partition coefficient (Wildman–Crippen LogP) is 18.5. The summed E-state index contributed by atoms with van der Waals surface area (Å²) in [5, 5.41) is 13.9. The zero-order valence-corrected chi connectivity index (χ0v) is 48.4. The van der Waals surface area contributed by atoms with Crippen molar-refractivity contribution in [2.75, 3.05) is 40.9 Å². The van der Waals surface area contributed by atoms with Crippen molar-refractivity contribution >= 4 is 13.7 Å². The van der Waals surface area contributed by atoms with Crippen molar-refractivity contribution in [2.24, 2.45) is 0 Å². The smallest absolute Gasteiger partial charge is 0.387 e. The first kappa shape index (κ1) is 69.2. The van der Waals surface area contributed by atoms with Gasteiger partial charge in [0.1, 0.15) is 13.2 Å². The van der Waals surface area contributed by atoms with E-state index in [1.165, 1.54) is 205 Å². The molecular formula is C62H118N2O6P+. The number of phosphoric ester groups is 1. The van der Waals surface area contributed by atoms with Crippen molar-refractivity contribution in [3.63, 3.8) is 0 Å². The van der Waals surface area contributed by atoms with Gasteiger partial charge < -0.3 is 19.8 Å². The second-order valence-corrected chi connectivity index (χ2v) is 23.2. The van der Waals surface area contributed by atoms with Crippen LogP contribution in [-0.4, -0.2) is 73.4 Å². The number of rotatable bonds is 55. The highest BCUT2D eigenvalue weighted by molar-refractivity contribution is 7.47. The van der Waals surface area contributed by atoms with Crippen molar-refractivity contribution in [1.82, 2.24) is 5.32 Å². The van der Waals surface area contributed by atoms with Crippen LogP contribution in [0.5, 0.6) is 0 Å². The largest absolute Gasteiger partial charge is 0.472 e. The molecule has 0 saturated carbocycles. The Morgan fingerprint density at radius 3 is 1.21 bits per heavy atom. The van der Waals surface area contributed by atoms with E-state index < -0.39 is 20.0 Å². The van der Waals surface area contributed by atoms with Crippen molar-refractivity contribution < 1.29 is 32.9 Å². The van der Waals surface area contributed by atoms with E-state index in [-0.39, 0.29) is 19.1 Å². The molecule has 1 amide bonds. The molecule has 3 N–H and O–H groups in total. The summed E-state index contributed by atoms with van der Waals surface area (Å²) in [5.41, 5.74) is 0. The number of likely N-dealkylation sites (N-methyl/N-ethyl adjacent to an activating group) is 1. The van der Waals surface area contributed by atoms with Crippen LogP contribution in [0.2, 0.25) is 0 Å². The summed E-state index contributed by atoms with van der Waals surface area (Å²) in [5.74, 6) is -0.188. The van der Waals surface area contributed by atoms with Crippen molar-refractivity contribution in [1.29, 1.82) is 0 Å². The predicted molar refractivity (Wildman–Crippen MR) is 309 cm³/mol. The fraction of sp³-hybridized carbons (Fsp3) is 0.823. The number of carbonyl (C=O) groups is 1. The van der Waals surface area contributed by atoms with Crippen LogP contribution >= 0.6 is 7.82 Å². The van der Waals surface area contributed by atoms with Gasteiger partial charge in [-0.1, -0.05) is 254 Å². The Hall–Kier alpha value is -1.80. The summed E-state index contributed by atoms with van der Waals surface area (Å²) >= 11 is 0. The third-order valence-electron chi connectivity index (χ3n) is 13.4. The van der Waals surface area contributed by atoms with Crippen LogP contribution in [0, 0.1) is 0 Å². The maximum Gasteiger partial charge on any atom is 0.472 e.